The summed E-state index contributed by atoms with van der Waals surface area (Å²) in [5.41, 5.74) is 1.13. The molecule has 1 atom stereocenters. The molecule has 2 N–H and O–H groups in total. The Morgan fingerprint density at radius 3 is 2.91 bits per heavy atom. The van der Waals surface area contributed by atoms with Crippen LogP contribution in [0.4, 0.5) is 0 Å². The van der Waals surface area contributed by atoms with Gasteiger partial charge in [-0.1, -0.05) is 17.7 Å². The molecule has 1 fully saturated rings. The van der Waals surface area contributed by atoms with Crippen molar-refractivity contribution >= 4 is 17.5 Å². The van der Waals surface area contributed by atoms with Gasteiger partial charge in [0.05, 0.1) is 16.6 Å². The van der Waals surface area contributed by atoms with E-state index in [0.717, 1.165) is 24.8 Å². The van der Waals surface area contributed by atoms with Gasteiger partial charge in [0.25, 0.3) is 5.91 Å². The minimum Gasteiger partial charge on any atom is -0.328 e. The summed E-state index contributed by atoms with van der Waals surface area (Å²) in [5.74, 6) is 0.375. The van der Waals surface area contributed by atoms with Crippen LogP contribution in [0.3, 0.4) is 0 Å². The minimum absolute atomic E-state index is 0.126. The Labute approximate surface area is 132 Å². The van der Waals surface area contributed by atoms with E-state index in [1.807, 2.05) is 13.0 Å². The van der Waals surface area contributed by atoms with Crippen molar-refractivity contribution in [1.82, 2.24) is 20.1 Å². The highest BCUT2D eigenvalue weighted by atomic mass is 35.5. The van der Waals surface area contributed by atoms with Gasteiger partial charge in [0.1, 0.15) is 0 Å². The number of nitrogens with one attached hydrogen (secondary N) is 2. The number of H-pyrrole nitrogens is 2. The number of halogens is 1. The maximum Gasteiger partial charge on any atom is 0.340 e. The van der Waals surface area contributed by atoms with Crippen LogP contribution in [0.1, 0.15) is 47.1 Å². The van der Waals surface area contributed by atoms with Gasteiger partial charge in [0, 0.05) is 6.54 Å². The van der Waals surface area contributed by atoms with Crippen molar-refractivity contribution in [1.29, 1.82) is 0 Å². The molecule has 1 aromatic heterocycles. The van der Waals surface area contributed by atoms with E-state index in [9.17, 15) is 9.59 Å². The number of likely N-dealkylation sites (tertiary alicyclic amines) is 1. The van der Waals surface area contributed by atoms with Gasteiger partial charge in [-0.05, 0) is 43.9 Å². The second kappa shape index (κ2) is 5.96. The predicted molar refractivity (Wildman–Crippen MR) is 83.0 cm³/mol. The number of piperidine rings is 1. The largest absolute Gasteiger partial charge is 0.340 e. The number of rotatable bonds is 2. The molecule has 0 radical (unpaired) electrons. The van der Waals surface area contributed by atoms with Crippen LogP contribution >= 0.6 is 11.6 Å². The number of carbonyl (C=O) groups is 1. The van der Waals surface area contributed by atoms with E-state index >= 15 is 0 Å². The van der Waals surface area contributed by atoms with Crippen LogP contribution in [0, 0.1) is 6.92 Å². The normalized spacial score (nSPS) is 18.5. The van der Waals surface area contributed by atoms with Crippen molar-refractivity contribution in [2.75, 3.05) is 6.54 Å². The maximum atomic E-state index is 12.8. The average molecular weight is 321 g/mol. The molecule has 0 unspecified atom stereocenters. The number of nitrogens with zero attached hydrogens (tertiary/aromatic N) is 2. The molecule has 0 spiro atoms. The van der Waals surface area contributed by atoms with Crippen LogP contribution < -0.4 is 5.69 Å². The van der Waals surface area contributed by atoms with Crippen LogP contribution in [-0.4, -0.2) is 32.5 Å². The molecule has 22 heavy (non-hydrogen) atoms. The first-order valence-electron chi connectivity index (χ1n) is 7.28. The highest BCUT2D eigenvalue weighted by Crippen LogP contribution is 2.31. The van der Waals surface area contributed by atoms with E-state index in [1.54, 1.807) is 17.0 Å². The van der Waals surface area contributed by atoms with Crippen molar-refractivity contribution in [2.45, 2.75) is 32.2 Å². The van der Waals surface area contributed by atoms with Gasteiger partial charge in [0.15, 0.2) is 5.82 Å². The Kier molecular flexibility index (Phi) is 4.02. The number of aryl methyl sites for hydroxylation is 1. The molecule has 1 aromatic carbocycles. The zero-order chi connectivity index (χ0) is 15.7. The van der Waals surface area contributed by atoms with E-state index in [-0.39, 0.29) is 17.6 Å². The quantitative estimate of drug-likeness (QED) is 0.891. The second-order valence-electron chi connectivity index (χ2n) is 5.56. The highest BCUT2D eigenvalue weighted by molar-refractivity contribution is 6.33. The monoisotopic (exact) mass is 320 g/mol. The van der Waals surface area contributed by atoms with Crippen LogP contribution in [-0.2, 0) is 0 Å². The van der Waals surface area contributed by atoms with Crippen molar-refractivity contribution in [3.8, 4) is 0 Å². The number of hydrogen-bond donors (Lipinski definition) is 2. The lowest BCUT2D eigenvalue weighted by molar-refractivity contribution is 0.0600. The molecule has 3 rings (SSSR count). The summed E-state index contributed by atoms with van der Waals surface area (Å²) >= 11 is 6.21. The summed E-state index contributed by atoms with van der Waals surface area (Å²) in [6, 6.07) is 5.18. The Hall–Kier alpha value is -2.08. The maximum absolute atomic E-state index is 12.8. The van der Waals surface area contributed by atoms with Crippen molar-refractivity contribution < 1.29 is 4.79 Å². The number of aromatic nitrogens is 3. The average Bonchev–Trinajstić information content (AvgIpc) is 2.93. The Morgan fingerprint density at radius 1 is 1.41 bits per heavy atom. The smallest absolute Gasteiger partial charge is 0.328 e. The molecule has 0 saturated carbocycles. The van der Waals surface area contributed by atoms with Crippen LogP contribution in [0.15, 0.2) is 23.0 Å². The lowest BCUT2D eigenvalue weighted by Crippen LogP contribution is -2.39. The van der Waals surface area contributed by atoms with E-state index in [1.165, 1.54) is 0 Å². The molecular weight excluding hydrogens is 304 g/mol. The summed E-state index contributed by atoms with van der Waals surface area (Å²) in [4.78, 5) is 28.5. The van der Waals surface area contributed by atoms with Gasteiger partial charge >= 0.3 is 5.69 Å². The topological polar surface area (TPSA) is 81.8 Å². The van der Waals surface area contributed by atoms with E-state index in [0.29, 0.717) is 23.0 Å². The van der Waals surface area contributed by atoms with Gasteiger partial charge < -0.3 is 4.90 Å². The number of amides is 1. The number of carbonyl (C=O) groups excluding carboxylic acids is 1. The molecule has 0 bridgehead atoms. The summed E-state index contributed by atoms with van der Waals surface area (Å²) < 4.78 is 0. The molecule has 0 aliphatic carbocycles. The first kappa shape index (κ1) is 14.8. The summed E-state index contributed by atoms with van der Waals surface area (Å²) in [6.07, 6.45) is 2.70. The zero-order valence-electron chi connectivity index (χ0n) is 12.2. The fraction of sp³-hybridized carbons (Fsp3) is 0.400. The molecule has 2 heterocycles. The first-order valence-corrected chi connectivity index (χ1v) is 7.66. The van der Waals surface area contributed by atoms with Crippen LogP contribution in [0.2, 0.25) is 5.02 Å². The zero-order valence-corrected chi connectivity index (χ0v) is 13.0. The molecule has 1 saturated heterocycles. The number of hydrogen-bond acceptors (Lipinski definition) is 3. The fourth-order valence-electron chi connectivity index (χ4n) is 2.85. The lowest BCUT2D eigenvalue weighted by Gasteiger charge is -2.34. The standard InChI is InChI=1S/C15H17ClN4O2/c1-9-5-6-10(11(16)8-9)14(21)20-7-3-2-4-12(20)13-17-15(22)19-18-13/h5-6,8,12H,2-4,7H2,1H3,(H2,17,18,19,22)/t12-/m0/s1. The minimum atomic E-state index is -0.360. The van der Waals surface area contributed by atoms with Crippen LogP contribution in [0.5, 0.6) is 0 Å². The summed E-state index contributed by atoms with van der Waals surface area (Å²) in [6.45, 7) is 2.56. The molecule has 1 aliphatic heterocycles. The molecule has 116 valence electrons. The van der Waals surface area contributed by atoms with Gasteiger partial charge in [-0.15, -0.1) is 0 Å². The van der Waals surface area contributed by atoms with Crippen molar-refractivity contribution in [2.24, 2.45) is 0 Å². The number of aromatic amines is 2. The van der Waals surface area contributed by atoms with Gasteiger partial charge in [0.2, 0.25) is 0 Å². The van der Waals surface area contributed by atoms with Crippen molar-refractivity contribution in [3.63, 3.8) is 0 Å². The van der Waals surface area contributed by atoms with Crippen molar-refractivity contribution in [3.05, 3.63) is 50.7 Å². The third-order valence-corrected chi connectivity index (χ3v) is 4.27. The lowest BCUT2D eigenvalue weighted by atomic mass is 10.00. The number of benzene rings is 1. The SMILES string of the molecule is Cc1ccc(C(=O)N2CCCC[C@H]2c2n[nH]c(=O)[nH]2)c(Cl)c1. The summed E-state index contributed by atoms with van der Waals surface area (Å²) in [5, 5.41) is 6.79. The Bertz CT molecular complexity index is 752. The third kappa shape index (κ3) is 2.78. The first-order chi connectivity index (χ1) is 10.6. The Morgan fingerprint density at radius 2 is 2.23 bits per heavy atom. The highest BCUT2D eigenvalue weighted by Gasteiger charge is 2.31. The fourth-order valence-corrected chi connectivity index (χ4v) is 3.16. The molecule has 2 aromatic rings. The molecule has 1 aliphatic rings. The second-order valence-corrected chi connectivity index (χ2v) is 5.96. The molecular formula is C15H17ClN4O2. The predicted octanol–water partition coefficient (Wildman–Crippen LogP) is 2.43. The van der Waals surface area contributed by atoms with E-state index in [2.05, 4.69) is 15.2 Å². The van der Waals surface area contributed by atoms with Gasteiger partial charge in [-0.3, -0.25) is 9.78 Å². The molecule has 6 nitrogen and oxygen atoms in total. The van der Waals surface area contributed by atoms with E-state index in [4.69, 9.17) is 11.6 Å². The van der Waals surface area contributed by atoms with Gasteiger partial charge in [-0.2, -0.15) is 5.10 Å². The Balaban J connectivity index is 1.93. The summed E-state index contributed by atoms with van der Waals surface area (Å²) in [7, 11) is 0. The molecule has 7 heteroatoms. The van der Waals surface area contributed by atoms with Gasteiger partial charge in [-0.25, -0.2) is 9.89 Å². The van der Waals surface area contributed by atoms with E-state index < -0.39 is 0 Å². The molecule has 1 amide bonds. The van der Waals surface area contributed by atoms with Crippen LogP contribution in [0.25, 0.3) is 0 Å². The third-order valence-electron chi connectivity index (χ3n) is 3.95.